The van der Waals surface area contributed by atoms with Crippen molar-refractivity contribution in [3.63, 3.8) is 0 Å². The van der Waals surface area contributed by atoms with Gasteiger partial charge in [0, 0.05) is 12.6 Å². The average Bonchev–Trinajstić information content (AvgIpc) is 2.86. The molecule has 0 saturated carbocycles. The van der Waals surface area contributed by atoms with E-state index in [4.69, 9.17) is 27.7 Å². The minimum absolute atomic E-state index is 0.118. The molecule has 0 saturated heterocycles. The van der Waals surface area contributed by atoms with Crippen LogP contribution in [-0.2, 0) is 9.59 Å². The summed E-state index contributed by atoms with van der Waals surface area (Å²) >= 11 is 11.3. The van der Waals surface area contributed by atoms with Crippen LogP contribution in [0.5, 0.6) is 0 Å². The van der Waals surface area contributed by atoms with Gasteiger partial charge in [-0.3, -0.25) is 9.59 Å². The largest absolute Gasteiger partial charge is 0.360 e. The van der Waals surface area contributed by atoms with E-state index in [1.807, 2.05) is 0 Å². The first kappa shape index (κ1) is 18.8. The fourth-order valence-electron chi connectivity index (χ4n) is 1.92. The number of unbranched alkanes of at least 4 members (excludes halogenated alkanes) is 3. The lowest BCUT2D eigenvalue weighted by molar-refractivity contribution is -0.133. The van der Waals surface area contributed by atoms with Gasteiger partial charge in [-0.05, 0) is 13.3 Å². The number of rotatable bonds is 9. The number of aryl methyl sites for hydroxylation is 1. The Hall–Kier alpha value is -1.27. The third-order valence-corrected chi connectivity index (χ3v) is 3.38. The van der Waals surface area contributed by atoms with Crippen molar-refractivity contribution < 1.29 is 14.1 Å². The van der Waals surface area contributed by atoms with Gasteiger partial charge in [0.25, 0.3) is 5.91 Å². The third-order valence-electron chi connectivity index (χ3n) is 3.01. The second kappa shape index (κ2) is 9.69. The zero-order valence-electron chi connectivity index (χ0n) is 12.8. The van der Waals surface area contributed by atoms with Crippen molar-refractivity contribution in [1.29, 1.82) is 0 Å². The number of amides is 2. The van der Waals surface area contributed by atoms with Gasteiger partial charge in [-0.25, -0.2) is 0 Å². The van der Waals surface area contributed by atoms with Gasteiger partial charge < -0.3 is 14.7 Å². The standard InChI is InChI=1S/C14H21Cl2N3O3/c1-3-4-5-6-7-19(14(21)13(15)16)9-12(20)17-11-8-10(2)22-18-11/h8,13H,3-7,9H2,1-2H3,(H,17,18,20). The van der Waals surface area contributed by atoms with Crippen molar-refractivity contribution in [2.24, 2.45) is 0 Å². The first-order valence-electron chi connectivity index (χ1n) is 7.24. The summed E-state index contributed by atoms with van der Waals surface area (Å²) in [6.45, 7) is 4.15. The van der Waals surface area contributed by atoms with E-state index in [9.17, 15) is 9.59 Å². The first-order valence-corrected chi connectivity index (χ1v) is 8.11. The minimum atomic E-state index is -1.17. The predicted octanol–water partition coefficient (Wildman–Crippen LogP) is 3.13. The molecule has 0 radical (unpaired) electrons. The fourth-order valence-corrected chi connectivity index (χ4v) is 2.19. The summed E-state index contributed by atoms with van der Waals surface area (Å²) in [5.74, 6) is 0.0657. The summed E-state index contributed by atoms with van der Waals surface area (Å²) in [5, 5.41) is 6.23. The Morgan fingerprint density at radius 2 is 2.09 bits per heavy atom. The number of carbonyl (C=O) groups is 2. The summed E-state index contributed by atoms with van der Waals surface area (Å²) in [7, 11) is 0. The second-order valence-electron chi connectivity index (χ2n) is 4.99. The SMILES string of the molecule is CCCCCCN(CC(=O)Nc1cc(C)on1)C(=O)C(Cl)Cl. The van der Waals surface area contributed by atoms with Gasteiger partial charge in [-0.2, -0.15) is 0 Å². The Labute approximate surface area is 140 Å². The van der Waals surface area contributed by atoms with Crippen LogP contribution >= 0.6 is 23.2 Å². The van der Waals surface area contributed by atoms with Crippen molar-refractivity contribution in [3.05, 3.63) is 11.8 Å². The van der Waals surface area contributed by atoms with E-state index in [1.54, 1.807) is 13.0 Å². The molecule has 1 aromatic rings. The summed E-state index contributed by atoms with van der Waals surface area (Å²) < 4.78 is 4.86. The van der Waals surface area contributed by atoms with E-state index < -0.39 is 10.7 Å². The van der Waals surface area contributed by atoms with Crippen molar-refractivity contribution >= 4 is 40.8 Å². The number of nitrogens with one attached hydrogen (secondary N) is 1. The van der Waals surface area contributed by atoms with Gasteiger partial charge >= 0.3 is 0 Å². The molecule has 0 fully saturated rings. The number of nitrogens with zero attached hydrogens (tertiary/aromatic N) is 2. The Kier molecular flexibility index (Phi) is 8.27. The summed E-state index contributed by atoms with van der Waals surface area (Å²) in [4.78, 5) is 24.1. The van der Waals surface area contributed by atoms with Crippen LogP contribution < -0.4 is 5.32 Å². The first-order chi connectivity index (χ1) is 10.4. The lowest BCUT2D eigenvalue weighted by Crippen LogP contribution is -2.41. The average molecular weight is 350 g/mol. The summed E-state index contributed by atoms with van der Waals surface area (Å²) in [6, 6.07) is 1.59. The molecule has 0 aliphatic carbocycles. The highest BCUT2D eigenvalue weighted by Gasteiger charge is 2.22. The van der Waals surface area contributed by atoms with Crippen LogP contribution in [0.1, 0.15) is 38.4 Å². The summed E-state index contributed by atoms with van der Waals surface area (Å²) in [5.41, 5.74) is 0. The lowest BCUT2D eigenvalue weighted by atomic mass is 10.2. The third kappa shape index (κ3) is 6.66. The van der Waals surface area contributed by atoms with E-state index in [0.29, 0.717) is 18.1 Å². The minimum Gasteiger partial charge on any atom is -0.360 e. The maximum absolute atomic E-state index is 12.0. The molecule has 0 aromatic carbocycles. The molecule has 0 spiro atoms. The van der Waals surface area contributed by atoms with Crippen LogP contribution in [-0.4, -0.2) is 39.8 Å². The maximum atomic E-state index is 12.0. The maximum Gasteiger partial charge on any atom is 0.256 e. The number of aromatic nitrogens is 1. The van der Waals surface area contributed by atoms with Crippen LogP contribution in [0, 0.1) is 6.92 Å². The Morgan fingerprint density at radius 3 is 2.64 bits per heavy atom. The van der Waals surface area contributed by atoms with Gasteiger partial charge in [-0.1, -0.05) is 54.5 Å². The Morgan fingerprint density at radius 1 is 1.36 bits per heavy atom. The lowest BCUT2D eigenvalue weighted by Gasteiger charge is -2.22. The van der Waals surface area contributed by atoms with Crippen LogP contribution in [0.4, 0.5) is 5.82 Å². The van der Waals surface area contributed by atoms with E-state index >= 15 is 0 Å². The monoisotopic (exact) mass is 349 g/mol. The number of halogens is 2. The molecular formula is C14H21Cl2N3O3. The number of alkyl halides is 2. The number of hydrogen-bond acceptors (Lipinski definition) is 4. The van der Waals surface area contributed by atoms with E-state index in [2.05, 4.69) is 17.4 Å². The van der Waals surface area contributed by atoms with E-state index in [1.165, 1.54) is 4.90 Å². The molecule has 0 atom stereocenters. The highest BCUT2D eigenvalue weighted by Crippen LogP contribution is 2.11. The quantitative estimate of drug-likeness (QED) is 0.548. The number of hydrogen-bond donors (Lipinski definition) is 1. The molecule has 0 aliphatic rings. The number of carbonyl (C=O) groups excluding carboxylic acids is 2. The molecule has 1 rings (SSSR count). The van der Waals surface area contributed by atoms with E-state index in [0.717, 1.165) is 25.7 Å². The molecule has 8 heteroatoms. The fraction of sp³-hybridized carbons (Fsp3) is 0.643. The molecule has 6 nitrogen and oxygen atoms in total. The normalized spacial score (nSPS) is 10.8. The molecule has 0 bridgehead atoms. The van der Waals surface area contributed by atoms with Crippen molar-refractivity contribution in [2.75, 3.05) is 18.4 Å². The van der Waals surface area contributed by atoms with Gasteiger partial charge in [-0.15, -0.1) is 0 Å². The zero-order chi connectivity index (χ0) is 16.5. The van der Waals surface area contributed by atoms with Gasteiger partial charge in [0.1, 0.15) is 5.76 Å². The predicted molar refractivity (Wildman–Crippen MR) is 86.1 cm³/mol. The van der Waals surface area contributed by atoms with Gasteiger partial charge in [0.2, 0.25) is 5.91 Å². The van der Waals surface area contributed by atoms with Crippen molar-refractivity contribution in [2.45, 2.75) is 44.4 Å². The highest BCUT2D eigenvalue weighted by atomic mass is 35.5. The van der Waals surface area contributed by atoms with Gasteiger partial charge in [0.05, 0.1) is 6.54 Å². The van der Waals surface area contributed by atoms with E-state index in [-0.39, 0.29) is 12.5 Å². The molecule has 1 N–H and O–H groups in total. The van der Waals surface area contributed by atoms with Crippen molar-refractivity contribution in [1.82, 2.24) is 10.1 Å². The van der Waals surface area contributed by atoms with Crippen LogP contribution in [0.25, 0.3) is 0 Å². The molecular weight excluding hydrogens is 329 g/mol. The molecule has 1 aromatic heterocycles. The summed E-state index contributed by atoms with van der Waals surface area (Å²) in [6.07, 6.45) is 3.96. The molecule has 22 heavy (non-hydrogen) atoms. The Balaban J connectivity index is 2.54. The Bertz CT molecular complexity index is 491. The number of anilines is 1. The topological polar surface area (TPSA) is 75.4 Å². The molecule has 2 amide bonds. The zero-order valence-corrected chi connectivity index (χ0v) is 14.3. The molecule has 0 unspecified atom stereocenters. The van der Waals surface area contributed by atoms with Crippen LogP contribution in [0.2, 0.25) is 0 Å². The molecule has 124 valence electrons. The molecule has 0 aliphatic heterocycles. The molecule has 1 heterocycles. The smallest absolute Gasteiger partial charge is 0.256 e. The van der Waals surface area contributed by atoms with Crippen LogP contribution in [0.3, 0.4) is 0 Å². The highest BCUT2D eigenvalue weighted by molar-refractivity contribution is 6.53. The van der Waals surface area contributed by atoms with Crippen molar-refractivity contribution in [3.8, 4) is 0 Å². The van der Waals surface area contributed by atoms with Gasteiger partial charge in [0.15, 0.2) is 10.7 Å². The van der Waals surface area contributed by atoms with Crippen LogP contribution in [0.15, 0.2) is 10.6 Å². The second-order valence-corrected chi connectivity index (χ2v) is 6.09.